The molecule has 1 N–H and O–H groups in total. The number of hydrogen-bond acceptors (Lipinski definition) is 4. The van der Waals surface area contributed by atoms with Crippen LogP contribution in [0.3, 0.4) is 0 Å². The van der Waals surface area contributed by atoms with Crippen molar-refractivity contribution < 1.29 is 9.47 Å². The van der Waals surface area contributed by atoms with Gasteiger partial charge in [0.15, 0.2) is 11.5 Å². The van der Waals surface area contributed by atoms with Crippen molar-refractivity contribution in [3.8, 4) is 11.5 Å². The van der Waals surface area contributed by atoms with Gasteiger partial charge in [0.05, 0.1) is 0 Å². The summed E-state index contributed by atoms with van der Waals surface area (Å²) in [4.78, 5) is 4.53. The van der Waals surface area contributed by atoms with E-state index < -0.39 is 0 Å². The smallest absolute Gasteiger partial charge is 0.162 e. The fourth-order valence-electron chi connectivity index (χ4n) is 3.10. The third kappa shape index (κ3) is 2.28. The van der Waals surface area contributed by atoms with Gasteiger partial charge in [-0.15, -0.1) is 0 Å². The summed E-state index contributed by atoms with van der Waals surface area (Å²) < 4.78 is 11.3. The number of anilines is 1. The molecule has 2 aliphatic rings. The Kier molecular flexibility index (Phi) is 3.09. The van der Waals surface area contributed by atoms with Crippen molar-refractivity contribution in [1.29, 1.82) is 0 Å². The van der Waals surface area contributed by atoms with E-state index in [0.29, 0.717) is 19.3 Å². The predicted octanol–water partition coefficient (Wildman–Crippen LogP) is 3.61. The number of ether oxygens (including phenoxy) is 2. The average molecular weight is 284 g/mol. The van der Waals surface area contributed by atoms with Gasteiger partial charge in [0.1, 0.15) is 19.0 Å². The Bertz CT molecular complexity index is 667. The van der Waals surface area contributed by atoms with Crippen LogP contribution < -0.4 is 14.8 Å². The molecule has 1 fully saturated rings. The van der Waals surface area contributed by atoms with E-state index in [1.165, 1.54) is 19.3 Å². The van der Waals surface area contributed by atoms with Crippen LogP contribution >= 0.6 is 0 Å². The third-order valence-electron chi connectivity index (χ3n) is 4.65. The van der Waals surface area contributed by atoms with Crippen LogP contribution in [-0.4, -0.2) is 24.2 Å². The van der Waals surface area contributed by atoms with Gasteiger partial charge < -0.3 is 14.8 Å². The second-order valence-corrected chi connectivity index (χ2v) is 6.00. The van der Waals surface area contributed by atoms with E-state index in [2.05, 4.69) is 17.2 Å². The van der Waals surface area contributed by atoms with Crippen LogP contribution in [-0.2, 0) is 0 Å². The van der Waals surface area contributed by atoms with Crippen molar-refractivity contribution in [3.05, 3.63) is 24.4 Å². The average Bonchev–Trinajstić information content (AvgIpc) is 2.44. The summed E-state index contributed by atoms with van der Waals surface area (Å²) in [5.74, 6) is 3.38. The first kappa shape index (κ1) is 12.7. The summed E-state index contributed by atoms with van der Waals surface area (Å²) in [7, 11) is 0. The number of pyridine rings is 1. The number of nitrogens with one attached hydrogen (secondary N) is 1. The molecule has 110 valence electrons. The van der Waals surface area contributed by atoms with E-state index in [-0.39, 0.29) is 0 Å². The molecular formula is C17H20N2O2. The predicted molar refractivity (Wildman–Crippen MR) is 83.2 cm³/mol. The Morgan fingerprint density at radius 1 is 1.19 bits per heavy atom. The van der Waals surface area contributed by atoms with Crippen molar-refractivity contribution in [1.82, 2.24) is 4.98 Å². The standard InChI is InChI=1S/C17H20N2O2/c1-11(12-3-2-4-12)19-17-14-10-16-15(20-7-8-21-16)9-13(14)5-6-18-17/h5-6,9-12H,2-4,7-8H2,1H3,(H,18,19). The Morgan fingerprint density at radius 2 is 1.95 bits per heavy atom. The Balaban J connectivity index is 1.70. The van der Waals surface area contributed by atoms with Crippen LogP contribution in [0, 0.1) is 5.92 Å². The molecule has 1 aromatic heterocycles. The number of aromatic nitrogens is 1. The van der Waals surface area contributed by atoms with E-state index in [1.54, 1.807) is 0 Å². The van der Waals surface area contributed by atoms with Gasteiger partial charge in [0.2, 0.25) is 0 Å². The maximum atomic E-state index is 5.69. The summed E-state index contributed by atoms with van der Waals surface area (Å²) in [6.45, 7) is 3.48. The monoisotopic (exact) mass is 284 g/mol. The zero-order valence-electron chi connectivity index (χ0n) is 12.3. The zero-order chi connectivity index (χ0) is 14.2. The minimum Gasteiger partial charge on any atom is -0.486 e. The molecule has 4 nitrogen and oxygen atoms in total. The van der Waals surface area contributed by atoms with Crippen LogP contribution in [0.15, 0.2) is 24.4 Å². The second kappa shape index (κ2) is 5.10. The van der Waals surface area contributed by atoms with Gasteiger partial charge >= 0.3 is 0 Å². The number of rotatable bonds is 3. The Morgan fingerprint density at radius 3 is 2.67 bits per heavy atom. The number of fused-ring (bicyclic) bond motifs is 2. The van der Waals surface area contributed by atoms with E-state index in [0.717, 1.165) is 34.0 Å². The molecule has 1 saturated carbocycles. The zero-order valence-corrected chi connectivity index (χ0v) is 12.3. The quantitative estimate of drug-likeness (QED) is 0.935. The molecule has 21 heavy (non-hydrogen) atoms. The van der Waals surface area contributed by atoms with E-state index in [1.807, 2.05) is 24.4 Å². The molecule has 1 aromatic carbocycles. The highest BCUT2D eigenvalue weighted by molar-refractivity contribution is 5.94. The SMILES string of the molecule is CC(Nc1nccc2cc3c(cc12)OCCO3)C1CCC1. The lowest BCUT2D eigenvalue weighted by atomic mass is 9.80. The molecule has 1 atom stereocenters. The summed E-state index contributed by atoms with van der Waals surface area (Å²) in [5.41, 5.74) is 0. The van der Waals surface area contributed by atoms with Crippen molar-refractivity contribution in [2.75, 3.05) is 18.5 Å². The minimum absolute atomic E-state index is 0.463. The Hall–Kier alpha value is -1.97. The normalized spacial score (nSPS) is 19.1. The van der Waals surface area contributed by atoms with Gasteiger partial charge in [-0.1, -0.05) is 6.42 Å². The molecule has 2 heterocycles. The molecule has 1 aliphatic carbocycles. The Labute approximate surface area is 124 Å². The van der Waals surface area contributed by atoms with E-state index >= 15 is 0 Å². The fraction of sp³-hybridized carbons (Fsp3) is 0.471. The first-order valence-electron chi connectivity index (χ1n) is 7.76. The molecule has 0 bridgehead atoms. The molecule has 0 radical (unpaired) electrons. The van der Waals surface area contributed by atoms with E-state index in [9.17, 15) is 0 Å². The van der Waals surface area contributed by atoms with Crippen LogP contribution in [0.4, 0.5) is 5.82 Å². The van der Waals surface area contributed by atoms with Crippen molar-refractivity contribution in [3.63, 3.8) is 0 Å². The van der Waals surface area contributed by atoms with Gasteiger partial charge in [-0.3, -0.25) is 0 Å². The van der Waals surface area contributed by atoms with Crippen molar-refractivity contribution in [2.24, 2.45) is 5.92 Å². The topological polar surface area (TPSA) is 43.4 Å². The largest absolute Gasteiger partial charge is 0.486 e. The number of benzene rings is 1. The lowest BCUT2D eigenvalue weighted by molar-refractivity contribution is 0.172. The maximum Gasteiger partial charge on any atom is 0.162 e. The van der Waals surface area contributed by atoms with Crippen LogP contribution in [0.2, 0.25) is 0 Å². The van der Waals surface area contributed by atoms with Crippen molar-refractivity contribution in [2.45, 2.75) is 32.2 Å². The highest BCUT2D eigenvalue weighted by atomic mass is 16.6. The molecule has 0 spiro atoms. The summed E-state index contributed by atoms with van der Waals surface area (Å²) in [6, 6.07) is 6.58. The van der Waals surface area contributed by atoms with Gasteiger partial charge in [-0.25, -0.2) is 4.98 Å². The molecule has 4 rings (SSSR count). The maximum absolute atomic E-state index is 5.69. The van der Waals surface area contributed by atoms with Crippen LogP contribution in [0.25, 0.3) is 10.8 Å². The van der Waals surface area contributed by atoms with E-state index in [4.69, 9.17) is 9.47 Å². The lowest BCUT2D eigenvalue weighted by Gasteiger charge is -2.32. The number of hydrogen-bond donors (Lipinski definition) is 1. The van der Waals surface area contributed by atoms with Crippen LogP contribution in [0.5, 0.6) is 11.5 Å². The van der Waals surface area contributed by atoms with Gasteiger partial charge in [0.25, 0.3) is 0 Å². The highest BCUT2D eigenvalue weighted by Crippen LogP contribution is 2.37. The van der Waals surface area contributed by atoms with Gasteiger partial charge in [-0.05, 0) is 49.3 Å². The van der Waals surface area contributed by atoms with Crippen LogP contribution in [0.1, 0.15) is 26.2 Å². The summed E-state index contributed by atoms with van der Waals surface area (Å²) in [6.07, 6.45) is 5.86. The van der Waals surface area contributed by atoms with Crippen molar-refractivity contribution >= 4 is 16.6 Å². The second-order valence-electron chi connectivity index (χ2n) is 6.00. The molecule has 4 heteroatoms. The van der Waals surface area contributed by atoms with Gasteiger partial charge in [0, 0.05) is 17.6 Å². The molecule has 2 aromatic rings. The van der Waals surface area contributed by atoms with Gasteiger partial charge in [-0.2, -0.15) is 0 Å². The first-order valence-corrected chi connectivity index (χ1v) is 7.76. The molecule has 0 saturated heterocycles. The molecule has 1 unspecified atom stereocenters. The first-order chi connectivity index (χ1) is 10.3. The summed E-state index contributed by atoms with van der Waals surface area (Å²) in [5, 5.41) is 5.83. The fourth-order valence-corrected chi connectivity index (χ4v) is 3.10. The molecule has 0 amide bonds. The third-order valence-corrected chi connectivity index (χ3v) is 4.65. The molecular weight excluding hydrogens is 264 g/mol. The highest BCUT2D eigenvalue weighted by Gasteiger charge is 2.24. The minimum atomic E-state index is 0.463. The summed E-state index contributed by atoms with van der Waals surface area (Å²) >= 11 is 0. The lowest BCUT2D eigenvalue weighted by Crippen LogP contribution is -2.31. The molecule has 1 aliphatic heterocycles. The number of nitrogens with zero attached hydrogens (tertiary/aromatic N) is 1.